The minimum atomic E-state index is -0.128. The Hall–Kier alpha value is -3.10. The van der Waals surface area contributed by atoms with E-state index in [-0.39, 0.29) is 11.7 Å². The quantitative estimate of drug-likeness (QED) is 0.486. The number of nitrogens with one attached hydrogen (secondary N) is 2. The van der Waals surface area contributed by atoms with Gasteiger partial charge >= 0.3 is 0 Å². The first-order valence-corrected chi connectivity index (χ1v) is 12.6. The molecule has 0 saturated carbocycles. The molecule has 0 unspecified atom stereocenters. The Balaban J connectivity index is 1.37. The number of H-pyrrole nitrogens is 1. The molecule has 1 aromatic heterocycles. The molecule has 184 valence electrons. The lowest BCUT2D eigenvalue weighted by Crippen LogP contribution is -2.43. The number of aromatic amines is 1. The molecular formula is C27H31N3O4S. The fraction of sp³-hybridized carbons (Fsp3) is 0.407. The van der Waals surface area contributed by atoms with Crippen LogP contribution in [0.2, 0.25) is 0 Å². The third kappa shape index (κ3) is 5.77. The van der Waals surface area contributed by atoms with Gasteiger partial charge in [0.25, 0.3) is 5.56 Å². The number of hydrogen-bond donors (Lipinski definition) is 2. The van der Waals surface area contributed by atoms with Crippen molar-refractivity contribution in [3.05, 3.63) is 69.5 Å². The summed E-state index contributed by atoms with van der Waals surface area (Å²) in [7, 11) is 0. The maximum atomic E-state index is 13.0. The lowest BCUT2D eigenvalue weighted by atomic mass is 10.1. The summed E-state index contributed by atoms with van der Waals surface area (Å²) in [6.45, 7) is 5.71. The number of fused-ring (bicyclic) bond motifs is 2. The van der Waals surface area contributed by atoms with Gasteiger partial charge in [-0.1, -0.05) is 29.8 Å². The molecular weight excluding hydrogens is 462 g/mol. The summed E-state index contributed by atoms with van der Waals surface area (Å²) in [5.74, 6) is 1.36. The van der Waals surface area contributed by atoms with Crippen molar-refractivity contribution in [3.63, 3.8) is 0 Å². The molecule has 3 aromatic rings. The number of ether oxygens (including phenoxy) is 3. The molecule has 2 aliphatic rings. The Bertz CT molecular complexity index is 1270. The highest BCUT2D eigenvalue weighted by Gasteiger charge is 2.19. The highest BCUT2D eigenvalue weighted by molar-refractivity contribution is 7.80. The summed E-state index contributed by atoms with van der Waals surface area (Å²) in [5, 5.41) is 4.91. The Morgan fingerprint density at radius 1 is 1.14 bits per heavy atom. The standard InChI is InChI=1S/C27H31N3O4S/c1-18-4-2-5-19(12-18)7-8-30(27(35)28-16-22-6-3-9-32-22)17-21-13-20-14-24-25(34-11-10-33-24)15-23(20)29-26(21)31/h2,4-5,12-15,22H,3,6-11,16-17H2,1H3,(H,28,35)(H,29,31)/t22-/m0/s1. The zero-order valence-electron chi connectivity index (χ0n) is 20.0. The van der Waals surface area contributed by atoms with E-state index in [4.69, 9.17) is 26.4 Å². The van der Waals surface area contributed by atoms with Gasteiger partial charge < -0.3 is 29.4 Å². The van der Waals surface area contributed by atoms with Gasteiger partial charge in [0.1, 0.15) is 13.2 Å². The Labute approximate surface area is 210 Å². The first-order chi connectivity index (χ1) is 17.0. The molecule has 0 aliphatic carbocycles. The second kappa shape index (κ2) is 10.7. The van der Waals surface area contributed by atoms with Crippen molar-refractivity contribution >= 4 is 28.2 Å². The molecule has 2 aliphatic heterocycles. The van der Waals surface area contributed by atoms with E-state index >= 15 is 0 Å². The Kier molecular flexibility index (Phi) is 7.20. The van der Waals surface area contributed by atoms with Gasteiger partial charge in [-0.05, 0) is 56.1 Å². The van der Waals surface area contributed by atoms with Gasteiger partial charge in [0.05, 0.1) is 18.2 Å². The van der Waals surface area contributed by atoms with Crippen molar-refractivity contribution in [2.24, 2.45) is 0 Å². The van der Waals surface area contributed by atoms with Crippen molar-refractivity contribution in [2.45, 2.75) is 38.8 Å². The summed E-state index contributed by atoms with van der Waals surface area (Å²) in [6, 6.07) is 14.2. The van der Waals surface area contributed by atoms with Crippen LogP contribution in [0, 0.1) is 6.92 Å². The largest absolute Gasteiger partial charge is 0.486 e. The molecule has 5 rings (SSSR count). The number of hydrogen-bond acceptors (Lipinski definition) is 5. The average molecular weight is 494 g/mol. The highest BCUT2D eigenvalue weighted by atomic mass is 32.1. The van der Waals surface area contributed by atoms with Crippen molar-refractivity contribution in [2.75, 3.05) is 32.9 Å². The van der Waals surface area contributed by atoms with Crippen LogP contribution >= 0.6 is 12.2 Å². The molecule has 0 amide bonds. The minimum Gasteiger partial charge on any atom is -0.486 e. The second-order valence-electron chi connectivity index (χ2n) is 9.19. The Morgan fingerprint density at radius 2 is 1.97 bits per heavy atom. The van der Waals surface area contributed by atoms with E-state index in [1.54, 1.807) is 0 Å². The van der Waals surface area contributed by atoms with Crippen LogP contribution in [-0.4, -0.2) is 54.0 Å². The molecule has 2 N–H and O–H groups in total. The number of aryl methyl sites for hydroxylation is 1. The van der Waals surface area contributed by atoms with E-state index in [9.17, 15) is 4.79 Å². The van der Waals surface area contributed by atoms with Gasteiger partial charge in [0.15, 0.2) is 16.6 Å². The topological polar surface area (TPSA) is 75.8 Å². The SMILES string of the molecule is Cc1cccc(CCN(Cc2cc3cc4c(cc3[nH]c2=O)OCCO4)C(=S)NC[C@@H]2CCCO2)c1. The summed E-state index contributed by atoms with van der Waals surface area (Å²) in [6.07, 6.45) is 3.14. The van der Waals surface area contributed by atoms with E-state index in [1.807, 2.05) is 18.2 Å². The maximum absolute atomic E-state index is 13.0. The van der Waals surface area contributed by atoms with Crippen LogP contribution in [0.1, 0.15) is 29.5 Å². The van der Waals surface area contributed by atoms with E-state index in [0.717, 1.165) is 36.8 Å². The van der Waals surface area contributed by atoms with Gasteiger partial charge in [0.2, 0.25) is 0 Å². The molecule has 1 saturated heterocycles. The predicted molar refractivity (Wildman–Crippen MR) is 140 cm³/mol. The van der Waals surface area contributed by atoms with Crippen LogP contribution < -0.4 is 20.3 Å². The fourth-order valence-electron chi connectivity index (χ4n) is 4.61. The zero-order chi connectivity index (χ0) is 24.2. The van der Waals surface area contributed by atoms with Crippen molar-refractivity contribution in [1.82, 2.24) is 15.2 Å². The predicted octanol–water partition coefficient (Wildman–Crippen LogP) is 3.71. The maximum Gasteiger partial charge on any atom is 0.253 e. The molecule has 0 bridgehead atoms. The first kappa shape index (κ1) is 23.6. The van der Waals surface area contributed by atoms with Crippen LogP contribution in [0.5, 0.6) is 11.5 Å². The van der Waals surface area contributed by atoms with Crippen molar-refractivity contribution in [3.8, 4) is 11.5 Å². The third-order valence-electron chi connectivity index (χ3n) is 6.49. The average Bonchev–Trinajstić information content (AvgIpc) is 3.38. The number of nitrogens with zero attached hydrogens (tertiary/aromatic N) is 1. The van der Waals surface area contributed by atoms with Gasteiger partial charge in [-0.3, -0.25) is 4.79 Å². The van der Waals surface area contributed by atoms with E-state index in [1.165, 1.54) is 11.1 Å². The molecule has 2 aromatic carbocycles. The number of aromatic nitrogens is 1. The molecule has 0 spiro atoms. The summed E-state index contributed by atoms with van der Waals surface area (Å²) >= 11 is 5.78. The van der Waals surface area contributed by atoms with Crippen molar-refractivity contribution < 1.29 is 14.2 Å². The van der Waals surface area contributed by atoms with Gasteiger partial charge in [-0.2, -0.15) is 0 Å². The zero-order valence-corrected chi connectivity index (χ0v) is 20.8. The minimum absolute atomic E-state index is 0.128. The molecule has 8 heteroatoms. The monoisotopic (exact) mass is 493 g/mol. The smallest absolute Gasteiger partial charge is 0.253 e. The van der Waals surface area contributed by atoms with E-state index in [2.05, 4.69) is 46.4 Å². The lowest BCUT2D eigenvalue weighted by Gasteiger charge is -2.27. The third-order valence-corrected chi connectivity index (χ3v) is 6.89. The van der Waals surface area contributed by atoms with E-state index < -0.39 is 0 Å². The van der Waals surface area contributed by atoms with Gasteiger partial charge in [0, 0.05) is 36.7 Å². The summed E-state index contributed by atoms with van der Waals surface area (Å²) < 4.78 is 17.1. The van der Waals surface area contributed by atoms with Crippen molar-refractivity contribution in [1.29, 1.82) is 0 Å². The molecule has 0 radical (unpaired) electrons. The summed E-state index contributed by atoms with van der Waals surface area (Å²) in [5.41, 5.74) is 3.73. The van der Waals surface area contributed by atoms with Gasteiger partial charge in [-0.15, -0.1) is 0 Å². The van der Waals surface area contributed by atoms with Crippen LogP contribution in [0.15, 0.2) is 47.3 Å². The number of rotatable bonds is 7. The molecule has 35 heavy (non-hydrogen) atoms. The highest BCUT2D eigenvalue weighted by Crippen LogP contribution is 2.33. The van der Waals surface area contributed by atoms with E-state index in [0.29, 0.717) is 55.0 Å². The van der Waals surface area contributed by atoms with Crippen LogP contribution in [0.25, 0.3) is 10.9 Å². The second-order valence-corrected chi connectivity index (χ2v) is 9.58. The number of benzene rings is 2. The fourth-order valence-corrected chi connectivity index (χ4v) is 4.85. The summed E-state index contributed by atoms with van der Waals surface area (Å²) in [4.78, 5) is 18.1. The van der Waals surface area contributed by atoms with Crippen LogP contribution in [0.3, 0.4) is 0 Å². The van der Waals surface area contributed by atoms with Crippen LogP contribution in [0.4, 0.5) is 0 Å². The number of pyridine rings is 1. The molecule has 1 atom stereocenters. The molecule has 3 heterocycles. The van der Waals surface area contributed by atoms with Gasteiger partial charge in [-0.25, -0.2) is 0 Å². The lowest BCUT2D eigenvalue weighted by molar-refractivity contribution is 0.113. The number of thiocarbonyl (C=S) groups is 1. The normalized spacial score (nSPS) is 16.9. The first-order valence-electron chi connectivity index (χ1n) is 12.2. The molecule has 7 nitrogen and oxygen atoms in total. The Morgan fingerprint density at radius 3 is 2.74 bits per heavy atom. The molecule has 1 fully saturated rings. The van der Waals surface area contributed by atoms with Crippen LogP contribution in [-0.2, 0) is 17.7 Å².